The summed E-state index contributed by atoms with van der Waals surface area (Å²) in [6.45, 7) is 2.79. The van der Waals surface area contributed by atoms with E-state index in [1.165, 1.54) is 0 Å². The van der Waals surface area contributed by atoms with Gasteiger partial charge >= 0.3 is 0 Å². The Labute approximate surface area is 187 Å². The number of nitrogens with zero attached hydrogens (tertiary/aromatic N) is 4. The zero-order chi connectivity index (χ0) is 18.4. The van der Waals surface area contributed by atoms with Gasteiger partial charge in [-0.25, -0.2) is 4.98 Å². The fourth-order valence-corrected chi connectivity index (χ4v) is 3.82. The molecule has 0 spiro atoms. The number of rotatable bonds is 5. The van der Waals surface area contributed by atoms with Gasteiger partial charge < -0.3 is 10.2 Å². The Kier molecular flexibility index (Phi) is 9.11. The van der Waals surface area contributed by atoms with E-state index in [-0.39, 0.29) is 24.0 Å². The molecule has 1 aliphatic rings. The molecule has 2 heterocycles. The molecule has 0 atom stereocenters. The monoisotopic (exact) mass is 522 g/mol. The average Bonchev–Trinajstić information content (AvgIpc) is 3.18. The molecule has 0 amide bonds. The second-order valence-corrected chi connectivity index (χ2v) is 7.29. The fourth-order valence-electron chi connectivity index (χ4n) is 3.31. The summed E-state index contributed by atoms with van der Waals surface area (Å²) in [5.41, 5.74) is 1.13. The molecule has 0 saturated carbocycles. The van der Waals surface area contributed by atoms with E-state index in [2.05, 4.69) is 30.4 Å². The summed E-state index contributed by atoms with van der Waals surface area (Å²) in [5, 5.41) is 11.8. The number of piperidine rings is 1. The molecule has 27 heavy (non-hydrogen) atoms. The van der Waals surface area contributed by atoms with E-state index in [1.807, 2.05) is 19.2 Å². The molecule has 0 unspecified atom stereocenters. The van der Waals surface area contributed by atoms with Crippen LogP contribution in [0, 0.1) is 0 Å². The fraction of sp³-hybridized carbons (Fsp3) is 0.500. The number of halogens is 3. The largest absolute Gasteiger partial charge is 0.356 e. The Morgan fingerprint density at radius 2 is 2.11 bits per heavy atom. The number of hydrogen-bond acceptors (Lipinski definition) is 3. The number of nitrogens with one attached hydrogen (secondary N) is 2. The lowest BCUT2D eigenvalue weighted by atomic mass is 9.96. The predicted octanol–water partition coefficient (Wildman–Crippen LogP) is 4.12. The summed E-state index contributed by atoms with van der Waals surface area (Å²) in [6.07, 6.45) is 5.57. The molecule has 1 aromatic heterocycles. The first-order chi connectivity index (χ1) is 12.7. The first-order valence-corrected chi connectivity index (χ1v) is 9.67. The van der Waals surface area contributed by atoms with Crippen LogP contribution in [-0.4, -0.2) is 52.7 Å². The molecule has 2 aromatic rings. The number of aryl methyl sites for hydroxylation is 1. The van der Waals surface area contributed by atoms with Crippen molar-refractivity contribution in [2.24, 2.45) is 4.99 Å². The SMILES string of the molecule is CN=C(NCCCc1ccc(Cl)cc1Cl)N1CCC(c2ncn[nH]2)CC1.I. The van der Waals surface area contributed by atoms with Gasteiger partial charge in [0.2, 0.25) is 0 Å². The molecule has 1 aliphatic heterocycles. The van der Waals surface area contributed by atoms with Gasteiger partial charge in [-0.1, -0.05) is 29.3 Å². The van der Waals surface area contributed by atoms with Crippen LogP contribution >= 0.6 is 47.2 Å². The van der Waals surface area contributed by atoms with Crippen molar-refractivity contribution < 1.29 is 0 Å². The zero-order valence-corrected chi connectivity index (χ0v) is 19.1. The molecule has 148 valence electrons. The lowest BCUT2D eigenvalue weighted by Crippen LogP contribution is -2.45. The van der Waals surface area contributed by atoms with Crippen molar-refractivity contribution in [3.8, 4) is 0 Å². The van der Waals surface area contributed by atoms with Gasteiger partial charge in [0, 0.05) is 42.6 Å². The smallest absolute Gasteiger partial charge is 0.193 e. The van der Waals surface area contributed by atoms with Crippen molar-refractivity contribution in [1.29, 1.82) is 0 Å². The Morgan fingerprint density at radius 3 is 2.74 bits per heavy atom. The van der Waals surface area contributed by atoms with Crippen molar-refractivity contribution >= 4 is 53.1 Å². The van der Waals surface area contributed by atoms with E-state index in [4.69, 9.17) is 23.2 Å². The van der Waals surface area contributed by atoms with E-state index < -0.39 is 0 Å². The first kappa shape index (κ1) is 22.2. The number of aliphatic imine (C=N–C) groups is 1. The van der Waals surface area contributed by atoms with Crippen LogP contribution < -0.4 is 5.32 Å². The van der Waals surface area contributed by atoms with Crippen molar-refractivity contribution in [2.45, 2.75) is 31.6 Å². The Hall–Kier alpha value is -1.06. The van der Waals surface area contributed by atoms with Crippen LogP contribution in [-0.2, 0) is 6.42 Å². The minimum atomic E-state index is 0. The summed E-state index contributed by atoms with van der Waals surface area (Å²) in [7, 11) is 1.83. The maximum absolute atomic E-state index is 6.23. The van der Waals surface area contributed by atoms with Crippen molar-refractivity contribution in [3.05, 3.63) is 46.0 Å². The van der Waals surface area contributed by atoms with Crippen LogP contribution in [0.2, 0.25) is 10.0 Å². The lowest BCUT2D eigenvalue weighted by Gasteiger charge is -2.33. The maximum Gasteiger partial charge on any atom is 0.193 e. The lowest BCUT2D eigenvalue weighted by molar-refractivity contribution is 0.299. The van der Waals surface area contributed by atoms with E-state index in [0.717, 1.165) is 67.7 Å². The molecule has 0 aliphatic carbocycles. The molecule has 9 heteroatoms. The maximum atomic E-state index is 6.23. The van der Waals surface area contributed by atoms with E-state index >= 15 is 0 Å². The Morgan fingerprint density at radius 1 is 1.33 bits per heavy atom. The molecule has 1 aromatic carbocycles. The molecule has 3 rings (SSSR count). The van der Waals surface area contributed by atoms with Gasteiger partial charge in [-0.3, -0.25) is 10.1 Å². The van der Waals surface area contributed by atoms with E-state index in [0.29, 0.717) is 10.9 Å². The molecule has 2 N–H and O–H groups in total. The van der Waals surface area contributed by atoms with E-state index in [1.54, 1.807) is 12.4 Å². The molecule has 1 fully saturated rings. The minimum absolute atomic E-state index is 0. The third kappa shape index (κ3) is 6.22. The molecule has 1 saturated heterocycles. The van der Waals surface area contributed by atoms with Gasteiger partial charge in [-0.2, -0.15) is 5.10 Å². The highest BCUT2D eigenvalue weighted by molar-refractivity contribution is 14.0. The molecular formula is C18H25Cl2IN6. The van der Waals surface area contributed by atoms with Crippen LogP contribution in [0.4, 0.5) is 0 Å². The molecule has 0 bridgehead atoms. The van der Waals surface area contributed by atoms with Crippen molar-refractivity contribution in [1.82, 2.24) is 25.4 Å². The molecule has 0 radical (unpaired) electrons. The summed E-state index contributed by atoms with van der Waals surface area (Å²) >= 11 is 12.2. The van der Waals surface area contributed by atoms with Crippen LogP contribution in [0.15, 0.2) is 29.5 Å². The summed E-state index contributed by atoms with van der Waals surface area (Å²) < 4.78 is 0. The number of aromatic nitrogens is 3. The van der Waals surface area contributed by atoms with Crippen LogP contribution in [0.3, 0.4) is 0 Å². The standard InChI is InChI=1S/C18H24Cl2N6.HI/c1-21-18(22-8-2-3-13-4-5-15(19)11-16(13)20)26-9-6-14(7-10-26)17-23-12-24-25-17;/h4-5,11-12,14H,2-3,6-10H2,1H3,(H,21,22)(H,23,24,25);1H. The van der Waals surface area contributed by atoms with Crippen LogP contribution in [0.25, 0.3) is 0 Å². The first-order valence-electron chi connectivity index (χ1n) is 8.92. The molecule has 6 nitrogen and oxygen atoms in total. The number of H-pyrrole nitrogens is 1. The van der Waals surface area contributed by atoms with Crippen LogP contribution in [0.5, 0.6) is 0 Å². The highest BCUT2D eigenvalue weighted by atomic mass is 127. The third-order valence-corrected chi connectivity index (χ3v) is 5.33. The second-order valence-electron chi connectivity index (χ2n) is 6.45. The summed E-state index contributed by atoms with van der Waals surface area (Å²) in [4.78, 5) is 11.0. The minimum Gasteiger partial charge on any atom is -0.356 e. The van der Waals surface area contributed by atoms with Crippen LogP contribution in [0.1, 0.15) is 36.6 Å². The number of benzene rings is 1. The summed E-state index contributed by atoms with van der Waals surface area (Å²) in [5.74, 6) is 2.41. The highest BCUT2D eigenvalue weighted by Crippen LogP contribution is 2.25. The van der Waals surface area contributed by atoms with Gasteiger partial charge in [0.05, 0.1) is 0 Å². The summed E-state index contributed by atoms with van der Waals surface area (Å²) in [6, 6.07) is 5.67. The van der Waals surface area contributed by atoms with Crippen molar-refractivity contribution in [2.75, 3.05) is 26.7 Å². The Bertz CT molecular complexity index is 729. The van der Waals surface area contributed by atoms with Gasteiger partial charge in [-0.05, 0) is 43.4 Å². The number of guanidine groups is 1. The second kappa shape index (κ2) is 11.1. The predicted molar refractivity (Wildman–Crippen MR) is 121 cm³/mol. The zero-order valence-electron chi connectivity index (χ0n) is 15.3. The Balaban J connectivity index is 0.00000261. The average molecular weight is 523 g/mol. The molecular weight excluding hydrogens is 498 g/mol. The quantitative estimate of drug-likeness (QED) is 0.268. The van der Waals surface area contributed by atoms with Gasteiger partial charge in [0.15, 0.2) is 5.96 Å². The van der Waals surface area contributed by atoms with Crippen molar-refractivity contribution in [3.63, 3.8) is 0 Å². The van der Waals surface area contributed by atoms with Gasteiger partial charge in [-0.15, -0.1) is 24.0 Å². The third-order valence-electron chi connectivity index (χ3n) is 4.75. The number of likely N-dealkylation sites (tertiary alicyclic amines) is 1. The topological polar surface area (TPSA) is 69.2 Å². The number of aromatic amines is 1. The van der Waals surface area contributed by atoms with Gasteiger partial charge in [0.1, 0.15) is 12.2 Å². The van der Waals surface area contributed by atoms with Gasteiger partial charge in [0.25, 0.3) is 0 Å². The highest BCUT2D eigenvalue weighted by Gasteiger charge is 2.24. The normalized spacial score (nSPS) is 15.5. The number of hydrogen-bond donors (Lipinski definition) is 2. The van der Waals surface area contributed by atoms with E-state index in [9.17, 15) is 0 Å².